The van der Waals surface area contributed by atoms with Crippen LogP contribution in [0.5, 0.6) is 0 Å². The van der Waals surface area contributed by atoms with Crippen molar-refractivity contribution in [3.05, 3.63) is 16.0 Å². The summed E-state index contributed by atoms with van der Waals surface area (Å²) >= 11 is 1.64. The van der Waals surface area contributed by atoms with Gasteiger partial charge in [0.05, 0.1) is 0 Å². The normalized spacial score (nSPS) is 10.5. The molecule has 0 unspecified atom stereocenters. The molecule has 0 fully saturated rings. The lowest BCUT2D eigenvalue weighted by atomic mass is 10.2. The summed E-state index contributed by atoms with van der Waals surface area (Å²) in [5.41, 5.74) is 17.0. The summed E-state index contributed by atoms with van der Waals surface area (Å²) in [6, 6.07) is -0.433. The van der Waals surface area contributed by atoms with E-state index in [1.54, 1.807) is 11.8 Å². The molecule has 4 N–H and O–H groups in total. The van der Waals surface area contributed by atoms with Gasteiger partial charge in [-0.3, -0.25) is 4.91 Å². The highest BCUT2D eigenvalue weighted by Gasteiger charge is 2.13. The van der Waals surface area contributed by atoms with Gasteiger partial charge in [-0.25, -0.2) is 4.79 Å². The van der Waals surface area contributed by atoms with Crippen molar-refractivity contribution < 1.29 is 15.6 Å². The predicted octanol–water partition coefficient (Wildman–Crippen LogP) is 0.301. The molecule has 0 rings (SSSR count). The van der Waals surface area contributed by atoms with Crippen LogP contribution in [0.2, 0.25) is 0 Å². The summed E-state index contributed by atoms with van der Waals surface area (Å²) in [4.78, 5) is 11.6. The summed E-state index contributed by atoms with van der Waals surface area (Å²) < 4.78 is 0. The Morgan fingerprint density at radius 1 is 1.75 bits per heavy atom. The molecule has 0 aromatic rings. The van der Waals surface area contributed by atoms with E-state index in [1.807, 2.05) is 6.26 Å². The molecule has 0 aromatic carbocycles. The zero-order valence-electron chi connectivity index (χ0n) is 6.80. The van der Waals surface area contributed by atoms with Gasteiger partial charge in [-0.05, 0) is 12.0 Å². The molecule has 6 nitrogen and oxygen atoms in total. The Bertz CT molecular complexity index is 158. The molecular formula is C5H12N4O2S. The Labute approximate surface area is 74.5 Å². The molecule has 0 aromatic heterocycles. The van der Waals surface area contributed by atoms with Gasteiger partial charge in [0.15, 0.2) is 6.04 Å². The van der Waals surface area contributed by atoms with Gasteiger partial charge in [0, 0.05) is 6.42 Å². The predicted molar refractivity (Wildman–Crippen MR) is 47.4 cm³/mol. The Kier molecular flexibility index (Phi) is 11.5. The maximum atomic E-state index is 10.1. The summed E-state index contributed by atoms with van der Waals surface area (Å²) in [7, 11) is 0. The van der Waals surface area contributed by atoms with E-state index < -0.39 is 12.0 Å². The van der Waals surface area contributed by atoms with Gasteiger partial charge in [-0.2, -0.15) is 11.8 Å². The number of hydrogen-bond donors (Lipinski definition) is 2. The minimum absolute atomic E-state index is 0.433. The van der Waals surface area contributed by atoms with Gasteiger partial charge >= 0.3 is 5.97 Å². The van der Waals surface area contributed by atoms with Crippen LogP contribution in [0.25, 0.3) is 16.0 Å². The first-order valence-electron chi connectivity index (χ1n) is 3.13. The lowest BCUT2D eigenvalue weighted by Gasteiger charge is -1.98. The van der Waals surface area contributed by atoms with E-state index in [2.05, 4.69) is 5.73 Å². The Morgan fingerprint density at radius 2 is 2.17 bits per heavy atom. The minimum Gasteiger partial charge on any atom is -0.477 e. The molecule has 0 amide bonds. The van der Waals surface area contributed by atoms with Crippen molar-refractivity contribution in [3.8, 4) is 0 Å². The van der Waals surface area contributed by atoms with Crippen LogP contribution >= 0.6 is 11.8 Å². The summed E-state index contributed by atoms with van der Waals surface area (Å²) in [6.45, 7) is 0. The number of thioether (sulfide) groups is 1. The van der Waals surface area contributed by atoms with E-state index in [4.69, 9.17) is 16.2 Å². The van der Waals surface area contributed by atoms with Crippen LogP contribution in [0.15, 0.2) is 0 Å². The molecule has 0 saturated carbocycles. The third-order valence-electron chi connectivity index (χ3n) is 1.02. The summed E-state index contributed by atoms with van der Waals surface area (Å²) in [5.74, 6) is 0.0737. The standard InChI is InChI=1S/C5H11NO2S.N3/c1-9-3-2-4(6)5(7)8;1-3-2/h4H,2-3,6H2,1H3,(H,7,8);/q;-1/p+1/t4-;/m0./s1. The topological polar surface area (TPSA) is 124 Å². The SMILES string of the molecule is CSCC[C@H]([NH3+])C(=O)O.[N-]=[N+]=[N-]. The van der Waals surface area contributed by atoms with Gasteiger partial charge in [0.2, 0.25) is 0 Å². The first-order valence-corrected chi connectivity index (χ1v) is 4.52. The van der Waals surface area contributed by atoms with Gasteiger partial charge in [0.1, 0.15) is 0 Å². The van der Waals surface area contributed by atoms with Crippen LogP contribution in [0.4, 0.5) is 0 Å². The Hall–Kier alpha value is -0.910. The van der Waals surface area contributed by atoms with Crippen LogP contribution in [0, 0.1) is 0 Å². The fourth-order valence-corrected chi connectivity index (χ4v) is 0.904. The maximum absolute atomic E-state index is 10.1. The van der Waals surface area contributed by atoms with Crippen LogP contribution in [-0.4, -0.2) is 29.1 Å². The van der Waals surface area contributed by atoms with Gasteiger partial charge < -0.3 is 21.9 Å². The third-order valence-corrected chi connectivity index (χ3v) is 1.66. The molecule has 0 aliphatic carbocycles. The number of nitrogens with zero attached hydrogens (tertiary/aromatic N) is 3. The first kappa shape index (κ1) is 13.7. The highest BCUT2D eigenvalue weighted by atomic mass is 32.2. The van der Waals surface area contributed by atoms with E-state index in [0.717, 1.165) is 5.75 Å². The van der Waals surface area contributed by atoms with Crippen molar-refractivity contribution in [2.24, 2.45) is 0 Å². The molecule has 12 heavy (non-hydrogen) atoms. The second-order valence-corrected chi connectivity index (χ2v) is 2.89. The molecule has 0 radical (unpaired) electrons. The second-order valence-electron chi connectivity index (χ2n) is 1.91. The summed E-state index contributed by atoms with van der Waals surface area (Å²) in [5, 5.41) is 8.34. The molecule has 0 heterocycles. The van der Waals surface area contributed by atoms with Crippen molar-refractivity contribution in [2.75, 3.05) is 12.0 Å². The minimum atomic E-state index is -0.802. The Morgan fingerprint density at radius 3 is 2.42 bits per heavy atom. The second kappa shape index (κ2) is 10.1. The molecule has 0 bridgehead atoms. The molecule has 0 aliphatic rings. The molecule has 70 valence electrons. The fraction of sp³-hybridized carbons (Fsp3) is 0.800. The molecule has 0 saturated heterocycles. The molecule has 0 spiro atoms. The van der Waals surface area contributed by atoms with Crippen molar-refractivity contribution in [1.29, 1.82) is 0 Å². The smallest absolute Gasteiger partial charge is 0.362 e. The average molecular weight is 192 g/mol. The van der Waals surface area contributed by atoms with Gasteiger partial charge in [-0.15, -0.1) is 0 Å². The lowest BCUT2D eigenvalue weighted by molar-refractivity contribution is -0.407. The van der Waals surface area contributed by atoms with E-state index >= 15 is 0 Å². The number of hydrogen-bond acceptors (Lipinski definition) is 2. The van der Waals surface area contributed by atoms with Crippen LogP contribution in [0.1, 0.15) is 6.42 Å². The van der Waals surface area contributed by atoms with Crippen molar-refractivity contribution in [3.63, 3.8) is 0 Å². The van der Waals surface area contributed by atoms with E-state index in [-0.39, 0.29) is 0 Å². The zero-order chi connectivity index (χ0) is 9.98. The number of carboxylic acids is 1. The van der Waals surface area contributed by atoms with Gasteiger partial charge in [0.25, 0.3) is 0 Å². The lowest BCUT2D eigenvalue weighted by Crippen LogP contribution is -2.65. The third kappa shape index (κ3) is 11.8. The molecule has 1 atom stereocenters. The quantitative estimate of drug-likeness (QED) is 0.378. The largest absolute Gasteiger partial charge is 0.477 e. The van der Waals surface area contributed by atoms with E-state index in [9.17, 15) is 4.79 Å². The number of quaternary nitrogens is 1. The molecule has 0 aliphatic heterocycles. The number of carboxylic acid groups (broad SMARTS) is 1. The van der Waals surface area contributed by atoms with Gasteiger partial charge in [-0.1, -0.05) is 0 Å². The zero-order valence-corrected chi connectivity index (χ0v) is 7.62. The van der Waals surface area contributed by atoms with Crippen LogP contribution in [-0.2, 0) is 4.79 Å². The average Bonchev–Trinajstić information content (AvgIpc) is 2.01. The van der Waals surface area contributed by atoms with Crippen molar-refractivity contribution in [1.82, 2.24) is 0 Å². The summed E-state index contributed by atoms with van der Waals surface area (Å²) in [6.07, 6.45) is 2.62. The molecule has 7 heteroatoms. The number of aliphatic carboxylic acids is 1. The van der Waals surface area contributed by atoms with Crippen LogP contribution in [0.3, 0.4) is 0 Å². The highest BCUT2D eigenvalue weighted by molar-refractivity contribution is 7.98. The van der Waals surface area contributed by atoms with Crippen LogP contribution < -0.4 is 5.73 Å². The fourth-order valence-electron chi connectivity index (χ4n) is 0.384. The Balaban J connectivity index is 0. The van der Waals surface area contributed by atoms with E-state index in [0.29, 0.717) is 6.42 Å². The number of rotatable bonds is 4. The molecular weight excluding hydrogens is 180 g/mol. The van der Waals surface area contributed by atoms with Crippen molar-refractivity contribution >= 4 is 17.7 Å². The maximum Gasteiger partial charge on any atom is 0.362 e. The number of carbonyl (C=O) groups is 1. The first-order chi connectivity index (χ1) is 5.59. The van der Waals surface area contributed by atoms with Crippen molar-refractivity contribution in [2.45, 2.75) is 12.5 Å². The van der Waals surface area contributed by atoms with E-state index in [1.165, 1.54) is 4.91 Å². The monoisotopic (exact) mass is 192 g/mol. The highest BCUT2D eigenvalue weighted by Crippen LogP contribution is 1.96.